The highest BCUT2D eigenvalue weighted by atomic mass is 16.5. The Morgan fingerprint density at radius 2 is 2.18 bits per heavy atom. The summed E-state index contributed by atoms with van der Waals surface area (Å²) in [5, 5.41) is 3.02. The lowest BCUT2D eigenvalue weighted by Crippen LogP contribution is -2.37. The average molecular weight is 234 g/mol. The molecule has 0 bridgehead atoms. The van der Waals surface area contributed by atoms with Crippen LogP contribution in [0.3, 0.4) is 0 Å². The maximum absolute atomic E-state index is 11.8. The molecule has 1 aromatic rings. The largest absolute Gasteiger partial charge is 0.492 e. The Kier molecular flexibility index (Phi) is 3.98. The van der Waals surface area contributed by atoms with Crippen molar-refractivity contribution in [2.45, 2.75) is 12.5 Å². The number of hydrogen-bond donors (Lipinski definition) is 1. The van der Waals surface area contributed by atoms with Gasteiger partial charge in [0.1, 0.15) is 12.4 Å². The molecule has 0 saturated carbocycles. The average Bonchev–Trinajstić information content (AvgIpc) is 2.72. The molecule has 1 N–H and O–H groups in total. The summed E-state index contributed by atoms with van der Waals surface area (Å²) >= 11 is 0. The van der Waals surface area contributed by atoms with Crippen molar-refractivity contribution in [2.24, 2.45) is 0 Å². The number of likely N-dealkylation sites (tertiary alicyclic amines) is 1. The predicted molar refractivity (Wildman–Crippen MR) is 66.0 cm³/mol. The lowest BCUT2D eigenvalue weighted by molar-refractivity contribution is -0.129. The van der Waals surface area contributed by atoms with Gasteiger partial charge in [-0.05, 0) is 25.6 Å². The molecule has 1 aliphatic heterocycles. The second-order valence-corrected chi connectivity index (χ2v) is 4.12. The molecule has 1 amide bonds. The number of likely N-dealkylation sites (N-methyl/N-ethyl adjacent to an activating group) is 1. The Morgan fingerprint density at radius 1 is 1.41 bits per heavy atom. The zero-order valence-electron chi connectivity index (χ0n) is 10.1. The number of carbonyl (C=O) groups is 1. The quantitative estimate of drug-likeness (QED) is 0.822. The van der Waals surface area contributed by atoms with Crippen LogP contribution in [0.25, 0.3) is 0 Å². The third-order valence-corrected chi connectivity index (χ3v) is 3.02. The van der Waals surface area contributed by atoms with Crippen molar-refractivity contribution in [3.8, 4) is 5.75 Å². The van der Waals surface area contributed by atoms with E-state index < -0.39 is 0 Å². The highest BCUT2D eigenvalue weighted by Gasteiger charge is 2.29. The van der Waals surface area contributed by atoms with Crippen LogP contribution >= 0.6 is 0 Å². The maximum Gasteiger partial charge on any atom is 0.239 e. The Morgan fingerprint density at radius 3 is 2.82 bits per heavy atom. The summed E-state index contributed by atoms with van der Waals surface area (Å²) in [5.41, 5.74) is 0. The van der Waals surface area contributed by atoms with Crippen LogP contribution < -0.4 is 10.1 Å². The van der Waals surface area contributed by atoms with Gasteiger partial charge in [-0.3, -0.25) is 4.79 Å². The number of carbonyl (C=O) groups excluding carboxylic acids is 1. The molecule has 17 heavy (non-hydrogen) atoms. The van der Waals surface area contributed by atoms with Gasteiger partial charge < -0.3 is 15.0 Å². The first-order valence-corrected chi connectivity index (χ1v) is 5.95. The molecule has 1 unspecified atom stereocenters. The van der Waals surface area contributed by atoms with Gasteiger partial charge in [0.25, 0.3) is 0 Å². The molecule has 1 saturated heterocycles. The monoisotopic (exact) mass is 234 g/mol. The number of amides is 1. The number of nitrogens with zero attached hydrogens (tertiary/aromatic N) is 1. The zero-order valence-corrected chi connectivity index (χ0v) is 10.1. The van der Waals surface area contributed by atoms with Crippen LogP contribution in [-0.2, 0) is 4.79 Å². The fourth-order valence-corrected chi connectivity index (χ4v) is 2.02. The van der Waals surface area contributed by atoms with Gasteiger partial charge in [-0.15, -0.1) is 0 Å². The first kappa shape index (κ1) is 11.9. The number of benzene rings is 1. The van der Waals surface area contributed by atoms with E-state index in [2.05, 4.69) is 5.32 Å². The van der Waals surface area contributed by atoms with E-state index in [1.807, 2.05) is 42.3 Å². The van der Waals surface area contributed by atoms with Gasteiger partial charge >= 0.3 is 0 Å². The van der Waals surface area contributed by atoms with Gasteiger partial charge in [-0.25, -0.2) is 0 Å². The molecule has 0 aliphatic carbocycles. The summed E-state index contributed by atoms with van der Waals surface area (Å²) in [4.78, 5) is 13.6. The van der Waals surface area contributed by atoms with Gasteiger partial charge in [0.05, 0.1) is 12.6 Å². The number of hydrogen-bond acceptors (Lipinski definition) is 3. The van der Waals surface area contributed by atoms with Crippen molar-refractivity contribution in [3.05, 3.63) is 30.3 Å². The van der Waals surface area contributed by atoms with Crippen LogP contribution in [0.5, 0.6) is 5.75 Å². The van der Waals surface area contributed by atoms with Gasteiger partial charge in [0.2, 0.25) is 5.91 Å². The van der Waals surface area contributed by atoms with Crippen LogP contribution in [0.15, 0.2) is 30.3 Å². The van der Waals surface area contributed by atoms with Gasteiger partial charge in [0, 0.05) is 6.54 Å². The molecular formula is C13H18N2O2. The van der Waals surface area contributed by atoms with E-state index in [9.17, 15) is 4.79 Å². The van der Waals surface area contributed by atoms with Crippen LogP contribution in [0.1, 0.15) is 6.42 Å². The van der Waals surface area contributed by atoms with E-state index in [1.54, 1.807) is 0 Å². The van der Waals surface area contributed by atoms with Gasteiger partial charge in [-0.2, -0.15) is 0 Å². The molecule has 0 aromatic heterocycles. The normalized spacial score (nSPS) is 19.7. The minimum Gasteiger partial charge on any atom is -0.492 e. The van der Waals surface area contributed by atoms with E-state index in [-0.39, 0.29) is 11.9 Å². The van der Waals surface area contributed by atoms with E-state index in [1.165, 1.54) is 0 Å². The summed E-state index contributed by atoms with van der Waals surface area (Å²) < 4.78 is 5.57. The number of ether oxygens (including phenoxy) is 1. The Labute approximate surface area is 102 Å². The maximum atomic E-state index is 11.8. The summed E-state index contributed by atoms with van der Waals surface area (Å²) in [6.07, 6.45) is 0.890. The summed E-state index contributed by atoms with van der Waals surface area (Å²) in [6.45, 7) is 2.03. The summed E-state index contributed by atoms with van der Waals surface area (Å²) in [6, 6.07) is 9.66. The molecular weight excluding hydrogens is 216 g/mol. The molecule has 1 heterocycles. The lowest BCUT2D eigenvalue weighted by Gasteiger charge is -2.16. The van der Waals surface area contributed by atoms with E-state index in [0.717, 1.165) is 18.7 Å². The molecule has 1 atom stereocenters. The molecule has 2 rings (SSSR count). The van der Waals surface area contributed by atoms with Crippen LogP contribution in [0.2, 0.25) is 0 Å². The van der Waals surface area contributed by atoms with Crippen LogP contribution in [0, 0.1) is 0 Å². The third-order valence-electron chi connectivity index (χ3n) is 3.02. The molecule has 92 valence electrons. The highest BCUT2D eigenvalue weighted by molar-refractivity contribution is 5.83. The minimum atomic E-state index is -0.00766. The topological polar surface area (TPSA) is 41.6 Å². The summed E-state index contributed by atoms with van der Waals surface area (Å²) in [7, 11) is 1.83. The van der Waals surface area contributed by atoms with Crippen molar-refractivity contribution < 1.29 is 9.53 Å². The number of para-hydroxylation sites is 1. The SMILES string of the molecule is CNC1CCN(CCOc2ccccc2)C1=O. The predicted octanol–water partition coefficient (Wildman–Crippen LogP) is 0.886. The number of nitrogens with one attached hydrogen (secondary N) is 1. The van der Waals surface area contributed by atoms with Crippen molar-refractivity contribution in [2.75, 3.05) is 26.7 Å². The van der Waals surface area contributed by atoms with Crippen molar-refractivity contribution in [1.82, 2.24) is 10.2 Å². The zero-order chi connectivity index (χ0) is 12.1. The smallest absolute Gasteiger partial charge is 0.239 e. The van der Waals surface area contributed by atoms with Gasteiger partial charge in [-0.1, -0.05) is 18.2 Å². The van der Waals surface area contributed by atoms with Crippen molar-refractivity contribution in [3.63, 3.8) is 0 Å². The number of rotatable bonds is 5. The Hall–Kier alpha value is -1.55. The van der Waals surface area contributed by atoms with E-state index >= 15 is 0 Å². The molecule has 1 fully saturated rings. The van der Waals surface area contributed by atoms with Gasteiger partial charge in [0.15, 0.2) is 0 Å². The third kappa shape index (κ3) is 2.97. The van der Waals surface area contributed by atoms with Crippen molar-refractivity contribution in [1.29, 1.82) is 0 Å². The molecule has 0 radical (unpaired) electrons. The van der Waals surface area contributed by atoms with E-state index in [0.29, 0.717) is 13.2 Å². The molecule has 4 nitrogen and oxygen atoms in total. The second kappa shape index (κ2) is 5.68. The first-order valence-electron chi connectivity index (χ1n) is 5.95. The van der Waals surface area contributed by atoms with Crippen molar-refractivity contribution >= 4 is 5.91 Å². The Balaban J connectivity index is 1.75. The Bertz CT molecular complexity index is 367. The van der Waals surface area contributed by atoms with Crippen LogP contribution in [-0.4, -0.2) is 43.6 Å². The molecule has 0 spiro atoms. The minimum absolute atomic E-state index is 0.00766. The first-order chi connectivity index (χ1) is 8.31. The second-order valence-electron chi connectivity index (χ2n) is 4.12. The molecule has 4 heteroatoms. The van der Waals surface area contributed by atoms with Crippen LogP contribution in [0.4, 0.5) is 0 Å². The standard InChI is InChI=1S/C13H18N2O2/c1-14-12-7-8-15(13(12)16)9-10-17-11-5-3-2-4-6-11/h2-6,12,14H,7-10H2,1H3. The summed E-state index contributed by atoms with van der Waals surface area (Å²) in [5.74, 6) is 1.04. The lowest BCUT2D eigenvalue weighted by atomic mass is 10.3. The molecule has 1 aliphatic rings. The highest BCUT2D eigenvalue weighted by Crippen LogP contribution is 2.11. The fourth-order valence-electron chi connectivity index (χ4n) is 2.02. The molecule has 1 aromatic carbocycles. The fraction of sp³-hybridized carbons (Fsp3) is 0.462. The van der Waals surface area contributed by atoms with E-state index in [4.69, 9.17) is 4.74 Å².